The molecule has 0 spiro atoms. The minimum atomic E-state index is -0.655. The van der Waals surface area contributed by atoms with Crippen LogP contribution in [0.4, 0.5) is 0 Å². The van der Waals surface area contributed by atoms with Crippen molar-refractivity contribution in [2.24, 2.45) is 0 Å². The first-order valence-corrected chi connectivity index (χ1v) is 5.86. The molecule has 0 aromatic carbocycles. The average molecular weight is 250 g/mol. The van der Waals surface area contributed by atoms with Gasteiger partial charge in [-0.15, -0.1) is 0 Å². The third-order valence-electron chi connectivity index (χ3n) is 3.11. The number of furan rings is 2. The zero-order valence-electron chi connectivity index (χ0n) is 9.65. The second-order valence-electron chi connectivity index (χ2n) is 4.33. The van der Waals surface area contributed by atoms with Crippen molar-refractivity contribution in [3.05, 3.63) is 36.3 Å². The van der Waals surface area contributed by atoms with Gasteiger partial charge in [-0.25, -0.2) is 0 Å². The molecule has 2 aromatic heterocycles. The number of hydrogen-bond acceptors (Lipinski definition) is 5. The van der Waals surface area contributed by atoms with Crippen LogP contribution in [-0.2, 0) is 4.74 Å². The van der Waals surface area contributed by atoms with Gasteiger partial charge in [0, 0.05) is 6.42 Å². The van der Waals surface area contributed by atoms with E-state index < -0.39 is 12.2 Å². The smallest absolute Gasteiger partial charge is 0.169 e. The van der Waals surface area contributed by atoms with Crippen LogP contribution >= 0.6 is 0 Å². The molecule has 3 heterocycles. The minimum absolute atomic E-state index is 0.191. The van der Waals surface area contributed by atoms with Crippen LogP contribution in [0, 0.1) is 0 Å². The molecule has 0 saturated carbocycles. The van der Waals surface area contributed by atoms with Crippen LogP contribution in [0.2, 0.25) is 0 Å². The maximum Gasteiger partial charge on any atom is 0.169 e. The van der Waals surface area contributed by atoms with Crippen LogP contribution < -0.4 is 0 Å². The van der Waals surface area contributed by atoms with Crippen LogP contribution in [0.5, 0.6) is 0 Å². The Labute approximate surface area is 104 Å². The molecule has 0 radical (unpaired) electrons. The fourth-order valence-corrected chi connectivity index (χ4v) is 2.15. The molecule has 5 heteroatoms. The minimum Gasteiger partial charge on any atom is -0.461 e. The zero-order valence-corrected chi connectivity index (χ0v) is 9.65. The van der Waals surface area contributed by atoms with Gasteiger partial charge in [-0.05, 0) is 24.3 Å². The Morgan fingerprint density at radius 2 is 2.11 bits per heavy atom. The van der Waals surface area contributed by atoms with E-state index in [4.69, 9.17) is 18.7 Å². The van der Waals surface area contributed by atoms with E-state index in [1.54, 1.807) is 24.5 Å². The van der Waals surface area contributed by atoms with Crippen molar-refractivity contribution in [3.63, 3.8) is 0 Å². The van der Waals surface area contributed by atoms with Gasteiger partial charge in [-0.2, -0.15) is 0 Å². The topological polar surface area (TPSA) is 76.0 Å². The first kappa shape index (κ1) is 11.5. The Balaban J connectivity index is 1.78. The van der Waals surface area contributed by atoms with E-state index in [1.807, 2.05) is 6.07 Å². The van der Waals surface area contributed by atoms with E-state index in [0.717, 1.165) is 0 Å². The summed E-state index contributed by atoms with van der Waals surface area (Å²) in [6, 6.07) is 7.20. The molecule has 18 heavy (non-hydrogen) atoms. The predicted molar refractivity (Wildman–Crippen MR) is 61.7 cm³/mol. The summed E-state index contributed by atoms with van der Waals surface area (Å²) in [5, 5.41) is 18.7. The monoisotopic (exact) mass is 250 g/mol. The molecule has 96 valence electrons. The standard InChI is InChI=1S/C13H14O5/c14-7-13-8(15)6-12(18-13)11-4-3-10(17-11)9-2-1-5-16-9/h1-5,8,12-15H,6-7H2/t8-,12+,13+/m0/s1. The Kier molecular flexibility index (Phi) is 2.95. The van der Waals surface area contributed by atoms with Gasteiger partial charge in [-0.1, -0.05) is 0 Å². The molecule has 5 nitrogen and oxygen atoms in total. The highest BCUT2D eigenvalue weighted by molar-refractivity contribution is 5.49. The van der Waals surface area contributed by atoms with Gasteiger partial charge in [0.1, 0.15) is 18.0 Å². The maximum atomic E-state index is 9.67. The van der Waals surface area contributed by atoms with Crippen molar-refractivity contribution in [3.8, 4) is 11.5 Å². The lowest BCUT2D eigenvalue weighted by atomic mass is 10.1. The lowest BCUT2D eigenvalue weighted by molar-refractivity contribution is -0.0275. The molecule has 2 N–H and O–H groups in total. The molecule has 1 aliphatic heterocycles. The number of aliphatic hydroxyl groups excluding tert-OH is 2. The summed E-state index contributed by atoms with van der Waals surface area (Å²) < 4.78 is 16.4. The van der Waals surface area contributed by atoms with E-state index >= 15 is 0 Å². The molecule has 1 fully saturated rings. The number of rotatable bonds is 3. The molecule has 1 aliphatic rings. The highest BCUT2D eigenvalue weighted by atomic mass is 16.5. The Bertz CT molecular complexity index is 501. The van der Waals surface area contributed by atoms with Crippen LogP contribution in [-0.4, -0.2) is 29.0 Å². The van der Waals surface area contributed by atoms with Crippen LogP contribution in [0.25, 0.3) is 11.5 Å². The molecule has 0 amide bonds. The fraction of sp³-hybridized carbons (Fsp3) is 0.385. The van der Waals surface area contributed by atoms with Crippen molar-refractivity contribution in [2.75, 3.05) is 6.61 Å². The Morgan fingerprint density at radius 1 is 1.22 bits per heavy atom. The van der Waals surface area contributed by atoms with Gasteiger partial charge in [0.15, 0.2) is 11.5 Å². The van der Waals surface area contributed by atoms with Crippen LogP contribution in [0.15, 0.2) is 39.4 Å². The van der Waals surface area contributed by atoms with Gasteiger partial charge in [0.25, 0.3) is 0 Å². The van der Waals surface area contributed by atoms with Gasteiger partial charge in [0.2, 0.25) is 0 Å². The molecular formula is C13H14O5. The molecule has 0 unspecified atom stereocenters. The van der Waals surface area contributed by atoms with Gasteiger partial charge in [-0.3, -0.25) is 0 Å². The SMILES string of the molecule is OC[C@H]1O[C@@H](c2ccc(-c3ccco3)o2)C[C@@H]1O. The predicted octanol–water partition coefficient (Wildman–Crippen LogP) is 1.72. The van der Waals surface area contributed by atoms with Gasteiger partial charge in [0.05, 0.1) is 19.0 Å². The molecule has 3 rings (SSSR count). The van der Waals surface area contributed by atoms with E-state index in [9.17, 15) is 5.11 Å². The van der Waals surface area contributed by atoms with Gasteiger partial charge >= 0.3 is 0 Å². The second-order valence-corrected chi connectivity index (χ2v) is 4.33. The first-order valence-electron chi connectivity index (χ1n) is 5.86. The van der Waals surface area contributed by atoms with E-state index in [-0.39, 0.29) is 12.7 Å². The lowest BCUT2D eigenvalue weighted by Crippen LogP contribution is -2.24. The van der Waals surface area contributed by atoms with Crippen molar-refractivity contribution < 1.29 is 23.8 Å². The highest BCUT2D eigenvalue weighted by Gasteiger charge is 2.35. The van der Waals surface area contributed by atoms with Crippen molar-refractivity contribution in [1.29, 1.82) is 0 Å². The highest BCUT2D eigenvalue weighted by Crippen LogP contribution is 2.35. The van der Waals surface area contributed by atoms with Crippen molar-refractivity contribution in [2.45, 2.75) is 24.7 Å². The molecule has 3 atom stereocenters. The van der Waals surface area contributed by atoms with E-state index in [1.165, 1.54) is 0 Å². The maximum absolute atomic E-state index is 9.67. The zero-order chi connectivity index (χ0) is 12.5. The quantitative estimate of drug-likeness (QED) is 0.867. The number of aliphatic hydroxyl groups is 2. The number of ether oxygens (including phenoxy) is 1. The number of hydrogen-bond donors (Lipinski definition) is 2. The summed E-state index contributed by atoms with van der Waals surface area (Å²) in [6.45, 7) is -0.191. The largest absolute Gasteiger partial charge is 0.461 e. The lowest BCUT2D eigenvalue weighted by Gasteiger charge is -2.10. The summed E-state index contributed by atoms with van der Waals surface area (Å²) in [4.78, 5) is 0. The van der Waals surface area contributed by atoms with Gasteiger partial charge < -0.3 is 23.8 Å². The Hall–Kier alpha value is -1.56. The molecule has 0 aliphatic carbocycles. The van der Waals surface area contributed by atoms with Crippen molar-refractivity contribution in [1.82, 2.24) is 0 Å². The summed E-state index contributed by atoms with van der Waals surface area (Å²) in [5.41, 5.74) is 0. The summed E-state index contributed by atoms with van der Waals surface area (Å²) in [6.07, 6.45) is 0.496. The van der Waals surface area contributed by atoms with Crippen LogP contribution in [0.3, 0.4) is 0 Å². The van der Waals surface area contributed by atoms with E-state index in [0.29, 0.717) is 23.7 Å². The normalized spacial score (nSPS) is 27.8. The fourth-order valence-electron chi connectivity index (χ4n) is 2.15. The van der Waals surface area contributed by atoms with Crippen LogP contribution in [0.1, 0.15) is 18.3 Å². The Morgan fingerprint density at radius 3 is 2.78 bits per heavy atom. The van der Waals surface area contributed by atoms with Crippen molar-refractivity contribution >= 4 is 0 Å². The second kappa shape index (κ2) is 4.61. The summed E-state index contributed by atoms with van der Waals surface area (Å²) in [7, 11) is 0. The summed E-state index contributed by atoms with van der Waals surface area (Å²) in [5.74, 6) is 1.91. The molecule has 1 saturated heterocycles. The van der Waals surface area contributed by atoms with E-state index in [2.05, 4.69) is 0 Å². The first-order chi connectivity index (χ1) is 8.78. The average Bonchev–Trinajstić information content (AvgIpc) is 3.08. The molecule has 2 aromatic rings. The third kappa shape index (κ3) is 1.96. The summed E-state index contributed by atoms with van der Waals surface area (Å²) >= 11 is 0. The third-order valence-corrected chi connectivity index (χ3v) is 3.11. The molecular weight excluding hydrogens is 236 g/mol. The molecule has 0 bridgehead atoms.